The van der Waals surface area contributed by atoms with Crippen molar-refractivity contribution in [3.63, 3.8) is 0 Å². The van der Waals surface area contributed by atoms with E-state index in [4.69, 9.17) is 4.74 Å². The summed E-state index contributed by atoms with van der Waals surface area (Å²) in [6, 6.07) is 3.93. The Kier molecular flexibility index (Phi) is 7.48. The third-order valence-corrected chi connectivity index (χ3v) is 4.25. The van der Waals surface area contributed by atoms with E-state index in [1.165, 1.54) is 4.88 Å². The molecule has 0 spiro atoms. The molecule has 24 heavy (non-hydrogen) atoms. The van der Waals surface area contributed by atoms with Crippen molar-refractivity contribution in [3.8, 4) is 5.88 Å². The summed E-state index contributed by atoms with van der Waals surface area (Å²) >= 11 is 1.68. The van der Waals surface area contributed by atoms with Crippen LogP contribution in [0.3, 0.4) is 0 Å². The molecule has 2 rings (SSSR count). The van der Waals surface area contributed by atoms with Crippen molar-refractivity contribution >= 4 is 17.3 Å². The van der Waals surface area contributed by atoms with Crippen LogP contribution < -0.4 is 15.4 Å². The highest BCUT2D eigenvalue weighted by Gasteiger charge is 2.06. The summed E-state index contributed by atoms with van der Waals surface area (Å²) in [6.45, 7) is 6.15. The zero-order chi connectivity index (χ0) is 17.2. The van der Waals surface area contributed by atoms with Crippen LogP contribution in [0, 0.1) is 6.92 Å². The van der Waals surface area contributed by atoms with Gasteiger partial charge in [-0.2, -0.15) is 0 Å². The van der Waals surface area contributed by atoms with Gasteiger partial charge in [-0.1, -0.05) is 19.4 Å². The fourth-order valence-corrected chi connectivity index (χ4v) is 2.77. The maximum atomic E-state index is 5.76. The molecule has 0 radical (unpaired) electrons. The molecule has 0 saturated carbocycles. The van der Waals surface area contributed by atoms with Gasteiger partial charge >= 0.3 is 0 Å². The van der Waals surface area contributed by atoms with Crippen LogP contribution in [-0.4, -0.2) is 29.6 Å². The van der Waals surface area contributed by atoms with E-state index < -0.39 is 0 Å². The summed E-state index contributed by atoms with van der Waals surface area (Å²) in [5, 5.41) is 7.60. The zero-order valence-corrected chi connectivity index (χ0v) is 15.3. The Hall–Kier alpha value is -2.15. The van der Waals surface area contributed by atoms with E-state index in [-0.39, 0.29) is 0 Å². The van der Waals surface area contributed by atoms with Gasteiger partial charge in [0.1, 0.15) is 5.01 Å². The topological polar surface area (TPSA) is 71.4 Å². The molecule has 0 unspecified atom stereocenters. The van der Waals surface area contributed by atoms with Crippen LogP contribution in [0.4, 0.5) is 0 Å². The predicted molar refractivity (Wildman–Crippen MR) is 98.5 cm³/mol. The van der Waals surface area contributed by atoms with Crippen molar-refractivity contribution in [2.24, 2.45) is 4.99 Å². The third-order valence-electron chi connectivity index (χ3n) is 3.33. The molecule has 6 nitrogen and oxygen atoms in total. The molecule has 0 amide bonds. The van der Waals surface area contributed by atoms with Gasteiger partial charge in [-0.05, 0) is 19.4 Å². The molecule has 0 atom stereocenters. The minimum atomic E-state index is 0.603. The summed E-state index contributed by atoms with van der Waals surface area (Å²) in [7, 11) is 1.75. The number of hydrogen-bond acceptors (Lipinski definition) is 5. The van der Waals surface area contributed by atoms with Crippen LogP contribution in [0.5, 0.6) is 5.88 Å². The van der Waals surface area contributed by atoms with Gasteiger partial charge in [-0.3, -0.25) is 4.99 Å². The van der Waals surface area contributed by atoms with Crippen molar-refractivity contribution in [2.45, 2.75) is 39.8 Å². The molecule has 2 aromatic heterocycles. The Morgan fingerprint density at radius 2 is 2.12 bits per heavy atom. The molecule has 0 aliphatic carbocycles. The highest BCUT2D eigenvalue weighted by atomic mass is 32.1. The van der Waals surface area contributed by atoms with E-state index in [2.05, 4.69) is 39.4 Å². The zero-order valence-electron chi connectivity index (χ0n) is 14.5. The highest BCUT2D eigenvalue weighted by Crippen LogP contribution is 2.14. The standard InChI is InChI=1S/C17H25N5OS/c1-4-5-9-23-16-14(7-6-8-19-16)11-21-17(18-3)22-12-15-20-10-13(2)24-15/h6-8,10H,4-5,9,11-12H2,1-3H3,(H2,18,21,22). The van der Waals surface area contributed by atoms with Crippen LogP contribution in [-0.2, 0) is 13.1 Å². The molecule has 2 aromatic rings. The number of nitrogens with zero attached hydrogens (tertiary/aromatic N) is 3. The number of aromatic nitrogens is 2. The lowest BCUT2D eigenvalue weighted by molar-refractivity contribution is 0.294. The first-order valence-corrected chi connectivity index (χ1v) is 8.97. The van der Waals surface area contributed by atoms with Crippen LogP contribution in [0.1, 0.15) is 35.2 Å². The molecule has 7 heteroatoms. The van der Waals surface area contributed by atoms with Gasteiger partial charge in [-0.25, -0.2) is 9.97 Å². The molecule has 2 heterocycles. The molecule has 2 N–H and O–H groups in total. The molecule has 130 valence electrons. The second-order valence-electron chi connectivity index (χ2n) is 5.31. The van der Waals surface area contributed by atoms with Gasteiger partial charge in [0, 0.05) is 36.4 Å². The van der Waals surface area contributed by atoms with Crippen LogP contribution in [0.2, 0.25) is 0 Å². The van der Waals surface area contributed by atoms with E-state index in [9.17, 15) is 0 Å². The van der Waals surface area contributed by atoms with Crippen LogP contribution in [0.15, 0.2) is 29.5 Å². The lowest BCUT2D eigenvalue weighted by atomic mass is 10.2. The summed E-state index contributed by atoms with van der Waals surface area (Å²) in [5.74, 6) is 1.41. The molecular weight excluding hydrogens is 322 g/mol. The molecular formula is C17H25N5OS. The fourth-order valence-electron chi connectivity index (χ4n) is 2.04. The van der Waals surface area contributed by atoms with Gasteiger partial charge in [0.05, 0.1) is 13.2 Å². The number of unbranched alkanes of at least 4 members (excludes halogenated alkanes) is 1. The van der Waals surface area contributed by atoms with Gasteiger partial charge in [0.25, 0.3) is 0 Å². The quantitative estimate of drug-likeness (QED) is 0.436. The largest absolute Gasteiger partial charge is 0.477 e. The summed E-state index contributed by atoms with van der Waals surface area (Å²) < 4.78 is 5.76. The van der Waals surface area contributed by atoms with E-state index in [0.717, 1.165) is 29.4 Å². The Morgan fingerprint density at radius 1 is 1.29 bits per heavy atom. The number of aliphatic imine (C=N–C) groups is 1. The lowest BCUT2D eigenvalue weighted by Gasteiger charge is -2.13. The maximum Gasteiger partial charge on any atom is 0.218 e. The van der Waals surface area contributed by atoms with Gasteiger partial charge in [0.2, 0.25) is 5.88 Å². The first-order chi connectivity index (χ1) is 11.7. The van der Waals surface area contributed by atoms with Crippen LogP contribution in [0.25, 0.3) is 0 Å². The van der Waals surface area contributed by atoms with Crippen molar-refractivity contribution in [1.29, 1.82) is 0 Å². The lowest BCUT2D eigenvalue weighted by Crippen LogP contribution is -2.36. The number of hydrogen-bond donors (Lipinski definition) is 2. The Bertz CT molecular complexity index is 656. The fraction of sp³-hybridized carbons (Fsp3) is 0.471. The molecule has 0 bridgehead atoms. The normalized spacial score (nSPS) is 11.4. The molecule has 0 aliphatic rings. The second-order valence-corrected chi connectivity index (χ2v) is 6.63. The molecule has 0 saturated heterocycles. The van der Waals surface area contributed by atoms with Crippen LogP contribution >= 0.6 is 11.3 Å². The monoisotopic (exact) mass is 347 g/mol. The van der Waals surface area contributed by atoms with Crippen molar-refractivity contribution in [3.05, 3.63) is 40.0 Å². The minimum absolute atomic E-state index is 0.603. The Balaban J connectivity index is 1.86. The van der Waals surface area contributed by atoms with Gasteiger partial charge in [0.15, 0.2) is 5.96 Å². The first-order valence-electron chi connectivity index (χ1n) is 8.15. The number of guanidine groups is 1. The van der Waals surface area contributed by atoms with E-state index in [1.807, 2.05) is 18.3 Å². The summed E-state index contributed by atoms with van der Waals surface area (Å²) in [5.41, 5.74) is 1.02. The van der Waals surface area contributed by atoms with E-state index in [0.29, 0.717) is 25.6 Å². The Morgan fingerprint density at radius 3 is 2.83 bits per heavy atom. The van der Waals surface area contributed by atoms with Crippen molar-refractivity contribution < 1.29 is 4.74 Å². The number of ether oxygens (including phenoxy) is 1. The number of rotatable bonds is 8. The van der Waals surface area contributed by atoms with Gasteiger partial charge in [-0.15, -0.1) is 11.3 Å². The Labute approximate surface area is 147 Å². The number of nitrogens with one attached hydrogen (secondary N) is 2. The van der Waals surface area contributed by atoms with Gasteiger partial charge < -0.3 is 15.4 Å². The van der Waals surface area contributed by atoms with Crippen molar-refractivity contribution in [1.82, 2.24) is 20.6 Å². The molecule has 0 aromatic carbocycles. The smallest absolute Gasteiger partial charge is 0.218 e. The first kappa shape index (κ1) is 18.2. The van der Waals surface area contributed by atoms with E-state index >= 15 is 0 Å². The maximum absolute atomic E-state index is 5.76. The number of thiazole rings is 1. The number of pyridine rings is 1. The summed E-state index contributed by atoms with van der Waals surface area (Å²) in [6.07, 6.45) is 5.77. The van der Waals surface area contributed by atoms with Crippen molar-refractivity contribution in [2.75, 3.05) is 13.7 Å². The molecule has 0 fully saturated rings. The average molecular weight is 347 g/mol. The second kappa shape index (κ2) is 9.87. The predicted octanol–water partition coefficient (Wildman–Crippen LogP) is 2.89. The SMILES string of the molecule is CCCCOc1ncccc1CNC(=NC)NCc1ncc(C)s1. The summed E-state index contributed by atoms with van der Waals surface area (Å²) in [4.78, 5) is 14.1. The third kappa shape index (κ3) is 5.81. The highest BCUT2D eigenvalue weighted by molar-refractivity contribution is 7.11. The average Bonchev–Trinajstić information content (AvgIpc) is 3.02. The molecule has 0 aliphatic heterocycles. The number of aryl methyl sites for hydroxylation is 1. The van der Waals surface area contributed by atoms with E-state index in [1.54, 1.807) is 24.6 Å². The minimum Gasteiger partial charge on any atom is -0.477 e.